The number of benzene rings is 7. The molecule has 0 amide bonds. The topological polar surface area (TPSA) is 86.7 Å². The van der Waals surface area contributed by atoms with Crippen LogP contribution in [0.15, 0.2) is 196 Å². The molecule has 0 aliphatic carbocycles. The van der Waals surface area contributed by atoms with Crippen molar-refractivity contribution in [3.8, 4) is 34.1 Å². The molecular formula is C44H34O6S2. The van der Waals surface area contributed by atoms with Gasteiger partial charge in [0.05, 0.1) is 19.6 Å². The molecule has 8 heteroatoms. The minimum atomic E-state index is -3.68. The number of hydrogen-bond acceptors (Lipinski definition) is 6. The van der Waals surface area contributed by atoms with Crippen LogP contribution in [0.1, 0.15) is 16.7 Å². The van der Waals surface area contributed by atoms with Crippen molar-refractivity contribution in [1.29, 1.82) is 0 Å². The Morgan fingerprint density at radius 1 is 0.365 bits per heavy atom. The van der Waals surface area contributed by atoms with E-state index in [0.717, 1.165) is 28.7 Å². The molecule has 0 spiro atoms. The fourth-order valence-electron chi connectivity index (χ4n) is 5.68. The number of rotatable bonds is 11. The summed E-state index contributed by atoms with van der Waals surface area (Å²) in [5.41, 5.74) is 5.15. The minimum Gasteiger partial charge on any atom is -0.457 e. The van der Waals surface area contributed by atoms with Crippen molar-refractivity contribution in [2.45, 2.75) is 32.9 Å². The smallest absolute Gasteiger partial charge is 0.206 e. The second-order valence-corrected chi connectivity index (χ2v) is 16.2. The van der Waals surface area contributed by atoms with E-state index in [1.54, 1.807) is 84.9 Å². The van der Waals surface area contributed by atoms with E-state index < -0.39 is 19.7 Å². The summed E-state index contributed by atoms with van der Waals surface area (Å²) in [5.74, 6) is 2.27. The Morgan fingerprint density at radius 3 is 1.06 bits per heavy atom. The zero-order valence-corrected chi connectivity index (χ0v) is 29.8. The lowest BCUT2D eigenvalue weighted by molar-refractivity contribution is 0.481. The van der Waals surface area contributed by atoms with Crippen molar-refractivity contribution < 1.29 is 26.3 Å². The van der Waals surface area contributed by atoms with Crippen LogP contribution in [0.5, 0.6) is 23.0 Å². The van der Waals surface area contributed by atoms with Gasteiger partial charge in [0.1, 0.15) is 23.0 Å². The summed E-state index contributed by atoms with van der Waals surface area (Å²) in [6.07, 6.45) is 0.736. The van der Waals surface area contributed by atoms with Crippen LogP contribution >= 0.6 is 0 Å². The number of sulfone groups is 2. The van der Waals surface area contributed by atoms with Gasteiger partial charge in [-0.05, 0) is 133 Å². The maximum Gasteiger partial charge on any atom is 0.206 e. The Hall–Kier alpha value is -5.96. The average molecular weight is 723 g/mol. The second kappa shape index (κ2) is 14.7. The molecule has 0 aromatic heterocycles. The summed E-state index contributed by atoms with van der Waals surface area (Å²) in [6.45, 7) is 1.91. The van der Waals surface area contributed by atoms with Gasteiger partial charge >= 0.3 is 0 Å². The van der Waals surface area contributed by atoms with E-state index in [2.05, 4.69) is 0 Å². The second-order valence-electron chi connectivity index (χ2n) is 12.3. The predicted molar refractivity (Wildman–Crippen MR) is 203 cm³/mol. The summed E-state index contributed by atoms with van der Waals surface area (Å²) >= 11 is 0. The summed E-state index contributed by atoms with van der Waals surface area (Å²) in [6, 6.07) is 51.8. The highest BCUT2D eigenvalue weighted by molar-refractivity contribution is 7.91. The maximum absolute atomic E-state index is 13.3. The van der Waals surface area contributed by atoms with Crippen molar-refractivity contribution in [1.82, 2.24) is 0 Å². The molecule has 0 saturated carbocycles. The predicted octanol–water partition coefficient (Wildman–Crippen LogP) is 10.5. The molecule has 7 aromatic rings. The number of hydrogen-bond donors (Lipinski definition) is 0. The Kier molecular flexibility index (Phi) is 9.76. The van der Waals surface area contributed by atoms with Crippen LogP contribution in [-0.2, 0) is 26.1 Å². The Morgan fingerprint density at radius 2 is 0.673 bits per heavy atom. The van der Waals surface area contributed by atoms with Gasteiger partial charge in [-0.1, -0.05) is 84.4 Å². The van der Waals surface area contributed by atoms with Crippen LogP contribution in [-0.4, -0.2) is 16.8 Å². The molecule has 7 rings (SSSR count). The van der Waals surface area contributed by atoms with Crippen molar-refractivity contribution in [3.63, 3.8) is 0 Å². The quantitative estimate of drug-likeness (QED) is 0.132. The zero-order valence-electron chi connectivity index (χ0n) is 28.2. The lowest BCUT2D eigenvalue weighted by Crippen LogP contribution is -2.02. The third-order valence-corrected chi connectivity index (χ3v) is 12.2. The van der Waals surface area contributed by atoms with Crippen LogP contribution in [0.25, 0.3) is 11.1 Å². The van der Waals surface area contributed by atoms with Gasteiger partial charge in [0.15, 0.2) is 0 Å². The summed E-state index contributed by atoms with van der Waals surface area (Å²) in [4.78, 5) is 0.893. The molecule has 0 aliphatic heterocycles. The van der Waals surface area contributed by atoms with Gasteiger partial charge in [-0.25, -0.2) is 16.8 Å². The molecule has 0 aliphatic rings. The summed E-state index contributed by atoms with van der Waals surface area (Å²) in [7, 11) is -7.29. The normalized spacial score (nSPS) is 11.6. The molecule has 0 unspecified atom stereocenters. The van der Waals surface area contributed by atoms with Crippen LogP contribution in [0, 0.1) is 6.92 Å². The SMILES string of the molecule is Cc1ccc(S(=O)(=O)c2ccc(Oc3ccc(-c4ccc(Oc5ccc(S(=O)(=O)c6ccc(Cc7ccccc7)cc6)cc5)cc4)cc3)cc2)cc1. The molecule has 0 heterocycles. The van der Waals surface area contributed by atoms with Gasteiger partial charge in [-0.2, -0.15) is 0 Å². The Bertz CT molecular complexity index is 2500. The molecule has 7 aromatic carbocycles. The van der Waals surface area contributed by atoms with E-state index in [1.807, 2.05) is 97.9 Å². The molecular weight excluding hydrogens is 689 g/mol. The van der Waals surface area contributed by atoms with E-state index >= 15 is 0 Å². The molecule has 0 radical (unpaired) electrons. The largest absolute Gasteiger partial charge is 0.457 e. The molecule has 6 nitrogen and oxygen atoms in total. The third-order valence-electron chi connectivity index (χ3n) is 8.60. The first-order chi connectivity index (χ1) is 25.1. The number of aryl methyl sites for hydroxylation is 1. The monoisotopic (exact) mass is 722 g/mol. The van der Waals surface area contributed by atoms with E-state index in [1.165, 1.54) is 5.56 Å². The maximum atomic E-state index is 13.3. The molecule has 0 bridgehead atoms. The minimum absolute atomic E-state index is 0.196. The van der Waals surface area contributed by atoms with Crippen LogP contribution in [0.3, 0.4) is 0 Å². The van der Waals surface area contributed by atoms with Crippen molar-refractivity contribution >= 4 is 19.7 Å². The third kappa shape index (κ3) is 7.84. The van der Waals surface area contributed by atoms with Gasteiger partial charge in [0.2, 0.25) is 19.7 Å². The lowest BCUT2D eigenvalue weighted by atomic mass is 10.1. The molecule has 0 saturated heterocycles. The molecule has 0 fully saturated rings. The average Bonchev–Trinajstić information content (AvgIpc) is 3.17. The lowest BCUT2D eigenvalue weighted by Gasteiger charge is -2.10. The fourth-order valence-corrected chi connectivity index (χ4v) is 8.21. The van der Waals surface area contributed by atoms with Crippen molar-refractivity contribution in [3.05, 3.63) is 193 Å². The van der Waals surface area contributed by atoms with Gasteiger partial charge in [-0.15, -0.1) is 0 Å². The first kappa shape index (κ1) is 34.5. The van der Waals surface area contributed by atoms with E-state index in [4.69, 9.17) is 9.47 Å². The van der Waals surface area contributed by atoms with Crippen LogP contribution in [0.2, 0.25) is 0 Å². The van der Waals surface area contributed by atoms with Crippen LogP contribution in [0.4, 0.5) is 0 Å². The van der Waals surface area contributed by atoms with E-state index in [0.29, 0.717) is 23.0 Å². The Balaban J connectivity index is 0.948. The molecule has 258 valence electrons. The molecule has 0 atom stereocenters. The zero-order chi connectivity index (χ0) is 36.1. The highest BCUT2D eigenvalue weighted by Gasteiger charge is 2.19. The van der Waals surface area contributed by atoms with Crippen LogP contribution < -0.4 is 9.47 Å². The summed E-state index contributed by atoms with van der Waals surface area (Å²) < 4.78 is 64.5. The highest BCUT2D eigenvalue weighted by Crippen LogP contribution is 2.31. The Labute approximate surface area is 304 Å². The fraction of sp³-hybridized carbons (Fsp3) is 0.0455. The highest BCUT2D eigenvalue weighted by atomic mass is 32.2. The van der Waals surface area contributed by atoms with Crippen molar-refractivity contribution in [2.75, 3.05) is 0 Å². The van der Waals surface area contributed by atoms with Gasteiger partial charge in [-0.3, -0.25) is 0 Å². The molecule has 52 heavy (non-hydrogen) atoms. The van der Waals surface area contributed by atoms with Gasteiger partial charge in [0, 0.05) is 0 Å². The van der Waals surface area contributed by atoms with Gasteiger partial charge < -0.3 is 9.47 Å². The van der Waals surface area contributed by atoms with Gasteiger partial charge in [0.25, 0.3) is 0 Å². The first-order valence-corrected chi connectivity index (χ1v) is 19.6. The first-order valence-electron chi connectivity index (χ1n) is 16.6. The van der Waals surface area contributed by atoms with E-state index in [-0.39, 0.29) is 19.6 Å². The summed E-state index contributed by atoms with van der Waals surface area (Å²) in [5, 5.41) is 0. The van der Waals surface area contributed by atoms with Crippen molar-refractivity contribution in [2.24, 2.45) is 0 Å². The standard InChI is InChI=1S/C44H34O6S2/c1-32-7-23-41(24-8-32)51(45,46)43-27-19-39(20-28-43)49-37-15-11-35(12-16-37)36-13-17-38(18-14-36)50-40-21-29-44(30-22-40)52(47,48)42-25-9-34(10-26-42)31-33-5-3-2-4-6-33/h2-30H,31H2,1H3. The van der Waals surface area contributed by atoms with E-state index in [9.17, 15) is 16.8 Å². The number of ether oxygens (including phenoxy) is 2. The molecule has 0 N–H and O–H groups in total.